The van der Waals surface area contributed by atoms with Gasteiger partial charge in [0.05, 0.1) is 25.4 Å². The molecule has 1 aliphatic rings. The number of carbonyl (C=O) groups is 1. The fourth-order valence-corrected chi connectivity index (χ4v) is 4.50. The zero-order chi connectivity index (χ0) is 25.8. The van der Waals surface area contributed by atoms with E-state index in [4.69, 9.17) is 14.0 Å². The molecule has 4 aromatic rings. The summed E-state index contributed by atoms with van der Waals surface area (Å²) in [5.41, 5.74) is 3.79. The van der Waals surface area contributed by atoms with Crippen LogP contribution in [0.15, 0.2) is 53.2 Å². The molecule has 1 aromatic carbocycles. The fraction of sp³-hybridized carbons (Fsp3) is 0.357. The van der Waals surface area contributed by atoms with Crippen LogP contribution in [-0.4, -0.2) is 43.9 Å². The lowest BCUT2D eigenvalue weighted by molar-refractivity contribution is 0.0727. The minimum absolute atomic E-state index is 0.185. The number of fused-ring (bicyclic) bond motifs is 2. The number of nitrogens with zero attached hydrogens (tertiary/aromatic N) is 5. The average Bonchev–Trinajstić information content (AvgIpc) is 3.42. The van der Waals surface area contributed by atoms with Crippen LogP contribution in [0.4, 0.5) is 0 Å². The van der Waals surface area contributed by atoms with Gasteiger partial charge in [0.1, 0.15) is 5.76 Å². The number of benzene rings is 1. The summed E-state index contributed by atoms with van der Waals surface area (Å²) in [6, 6.07) is 13.4. The first-order chi connectivity index (χ1) is 18.0. The molecule has 9 nitrogen and oxygen atoms in total. The van der Waals surface area contributed by atoms with Gasteiger partial charge in [0.25, 0.3) is 5.91 Å². The zero-order valence-corrected chi connectivity index (χ0v) is 21.4. The van der Waals surface area contributed by atoms with Gasteiger partial charge in [0.15, 0.2) is 17.2 Å². The van der Waals surface area contributed by atoms with Crippen molar-refractivity contribution in [3.63, 3.8) is 0 Å². The molecule has 1 aliphatic heterocycles. The van der Waals surface area contributed by atoms with Crippen LogP contribution >= 0.6 is 0 Å². The van der Waals surface area contributed by atoms with Gasteiger partial charge in [-0.1, -0.05) is 23.4 Å². The van der Waals surface area contributed by atoms with Gasteiger partial charge < -0.3 is 18.9 Å². The summed E-state index contributed by atoms with van der Waals surface area (Å²) < 4.78 is 19.5. The molecule has 0 radical (unpaired) electrons. The first kappa shape index (κ1) is 24.5. The smallest absolute Gasteiger partial charge is 0.276 e. The van der Waals surface area contributed by atoms with Gasteiger partial charge in [-0.2, -0.15) is 5.10 Å². The van der Waals surface area contributed by atoms with Crippen molar-refractivity contribution < 1.29 is 18.8 Å². The Hall–Kier alpha value is -4.14. The van der Waals surface area contributed by atoms with Crippen molar-refractivity contribution in [3.8, 4) is 17.4 Å². The van der Waals surface area contributed by atoms with Gasteiger partial charge in [0.2, 0.25) is 5.88 Å². The van der Waals surface area contributed by atoms with E-state index in [0.29, 0.717) is 55.1 Å². The van der Waals surface area contributed by atoms with Crippen molar-refractivity contribution in [2.75, 3.05) is 13.2 Å². The Kier molecular flexibility index (Phi) is 7.20. The molecule has 5 rings (SSSR count). The van der Waals surface area contributed by atoms with E-state index < -0.39 is 0 Å². The highest BCUT2D eigenvalue weighted by Gasteiger charge is 2.27. The summed E-state index contributed by atoms with van der Waals surface area (Å²) in [5.74, 6) is 2.14. The molecule has 192 valence electrons. The molecular weight excluding hydrogens is 470 g/mol. The maximum Gasteiger partial charge on any atom is 0.276 e. The number of amides is 1. The number of carbonyl (C=O) groups excluding carboxylic acids is 1. The minimum Gasteiger partial charge on any atom is -0.490 e. The molecule has 4 heterocycles. The number of aryl methyl sites for hydroxylation is 3. The lowest BCUT2D eigenvalue weighted by atomic mass is 10.1. The number of ether oxygens (including phenoxy) is 2. The summed E-state index contributed by atoms with van der Waals surface area (Å²) in [5, 5.41) is 8.73. The highest BCUT2D eigenvalue weighted by molar-refractivity contribution is 5.93. The SMILES string of the molecule is Cc1cc(C)n(Cc2c(C(=O)N3CCCCCOc4ccccc4Oc4ncccc4C3)noc2C)n1. The maximum atomic E-state index is 13.9. The molecule has 0 saturated carbocycles. The van der Waals surface area contributed by atoms with E-state index in [1.165, 1.54) is 0 Å². The van der Waals surface area contributed by atoms with Gasteiger partial charge in [-0.25, -0.2) is 4.98 Å². The molecule has 0 atom stereocenters. The number of para-hydroxylation sites is 2. The highest BCUT2D eigenvalue weighted by atomic mass is 16.5. The van der Waals surface area contributed by atoms with Crippen molar-refractivity contribution in [2.24, 2.45) is 0 Å². The third-order valence-corrected chi connectivity index (χ3v) is 6.48. The quantitative estimate of drug-likeness (QED) is 0.379. The molecule has 9 heteroatoms. The lowest BCUT2D eigenvalue weighted by Gasteiger charge is -2.23. The largest absolute Gasteiger partial charge is 0.490 e. The standard InChI is InChI=1S/C28H31N5O4/c1-19-16-20(2)33(30-19)18-23-21(3)37-31-26(23)28(34)32-14-7-4-8-15-35-24-11-5-6-12-25(24)36-27-22(17-32)10-9-13-29-27/h5-6,9-13,16H,4,7-8,14-15,17-18H2,1-3H3. The van der Waals surface area contributed by atoms with E-state index in [9.17, 15) is 4.79 Å². The molecule has 0 saturated heterocycles. The predicted octanol–water partition coefficient (Wildman–Crippen LogP) is 5.24. The van der Waals surface area contributed by atoms with Crippen molar-refractivity contribution in [1.82, 2.24) is 24.8 Å². The van der Waals surface area contributed by atoms with Crippen molar-refractivity contribution in [1.29, 1.82) is 0 Å². The van der Waals surface area contributed by atoms with E-state index in [1.807, 2.05) is 67.9 Å². The van der Waals surface area contributed by atoms with Crippen LogP contribution in [0.3, 0.4) is 0 Å². The third-order valence-electron chi connectivity index (χ3n) is 6.48. The Balaban J connectivity index is 1.46. The summed E-state index contributed by atoms with van der Waals surface area (Å²) in [6.45, 7) is 7.65. The summed E-state index contributed by atoms with van der Waals surface area (Å²) in [6.07, 6.45) is 4.30. The van der Waals surface area contributed by atoms with E-state index in [0.717, 1.165) is 41.8 Å². The second-order valence-corrected chi connectivity index (χ2v) is 9.30. The average molecular weight is 502 g/mol. The summed E-state index contributed by atoms with van der Waals surface area (Å²) in [7, 11) is 0. The van der Waals surface area contributed by atoms with Crippen LogP contribution in [0.25, 0.3) is 0 Å². The Morgan fingerprint density at radius 2 is 1.86 bits per heavy atom. The number of hydrogen-bond donors (Lipinski definition) is 0. The van der Waals surface area contributed by atoms with E-state index in [-0.39, 0.29) is 5.91 Å². The van der Waals surface area contributed by atoms with Crippen molar-refractivity contribution in [2.45, 2.75) is 53.1 Å². The zero-order valence-electron chi connectivity index (χ0n) is 21.4. The predicted molar refractivity (Wildman–Crippen MR) is 137 cm³/mol. The topological polar surface area (TPSA) is 95.5 Å². The number of pyridine rings is 1. The molecule has 0 spiro atoms. The van der Waals surface area contributed by atoms with Crippen LogP contribution in [-0.2, 0) is 13.1 Å². The Labute approximate surface area is 216 Å². The van der Waals surface area contributed by atoms with Crippen LogP contribution in [0.2, 0.25) is 0 Å². The van der Waals surface area contributed by atoms with Crippen LogP contribution < -0.4 is 9.47 Å². The van der Waals surface area contributed by atoms with Crippen LogP contribution in [0.5, 0.6) is 17.4 Å². The molecule has 0 aliphatic carbocycles. The number of rotatable bonds is 3. The maximum absolute atomic E-state index is 13.9. The second kappa shape index (κ2) is 10.9. The van der Waals surface area contributed by atoms with E-state index >= 15 is 0 Å². The number of aromatic nitrogens is 4. The van der Waals surface area contributed by atoms with Crippen LogP contribution in [0.1, 0.15) is 58.0 Å². The first-order valence-electron chi connectivity index (χ1n) is 12.6. The van der Waals surface area contributed by atoms with Gasteiger partial charge in [-0.05, 0) is 64.3 Å². The highest BCUT2D eigenvalue weighted by Crippen LogP contribution is 2.33. The molecule has 37 heavy (non-hydrogen) atoms. The monoisotopic (exact) mass is 501 g/mol. The Bertz CT molecular complexity index is 1390. The van der Waals surface area contributed by atoms with E-state index in [1.54, 1.807) is 11.1 Å². The normalized spacial score (nSPS) is 14.3. The molecule has 1 amide bonds. The molecular formula is C28H31N5O4. The van der Waals surface area contributed by atoms with Crippen molar-refractivity contribution >= 4 is 5.91 Å². The molecule has 3 aromatic heterocycles. The number of hydrogen-bond acceptors (Lipinski definition) is 7. The van der Waals surface area contributed by atoms with Gasteiger partial charge >= 0.3 is 0 Å². The third kappa shape index (κ3) is 5.50. The molecule has 0 N–H and O–H groups in total. The second-order valence-electron chi connectivity index (χ2n) is 9.30. The van der Waals surface area contributed by atoms with Gasteiger partial charge in [-0.15, -0.1) is 0 Å². The lowest BCUT2D eigenvalue weighted by Crippen LogP contribution is -2.33. The minimum atomic E-state index is -0.185. The molecule has 0 unspecified atom stereocenters. The van der Waals surface area contributed by atoms with Crippen LogP contribution in [0, 0.1) is 20.8 Å². The fourth-order valence-electron chi connectivity index (χ4n) is 4.50. The van der Waals surface area contributed by atoms with E-state index in [2.05, 4.69) is 15.2 Å². The molecule has 0 fully saturated rings. The first-order valence-corrected chi connectivity index (χ1v) is 12.6. The summed E-state index contributed by atoms with van der Waals surface area (Å²) >= 11 is 0. The Morgan fingerprint density at radius 1 is 1.03 bits per heavy atom. The summed E-state index contributed by atoms with van der Waals surface area (Å²) in [4.78, 5) is 20.2. The molecule has 0 bridgehead atoms. The van der Waals surface area contributed by atoms with Crippen molar-refractivity contribution in [3.05, 3.63) is 82.6 Å². The van der Waals surface area contributed by atoms with Gasteiger partial charge in [-0.3, -0.25) is 9.48 Å². The van der Waals surface area contributed by atoms with Gasteiger partial charge in [0, 0.05) is 29.6 Å². The Morgan fingerprint density at radius 3 is 2.68 bits per heavy atom.